The van der Waals surface area contributed by atoms with Crippen LogP contribution in [0.1, 0.15) is 31.2 Å². The number of halogens is 1. The Bertz CT molecular complexity index is 519. The van der Waals surface area contributed by atoms with Crippen molar-refractivity contribution in [2.75, 3.05) is 5.75 Å². The highest BCUT2D eigenvalue weighted by molar-refractivity contribution is 7.98. The zero-order valence-electron chi connectivity index (χ0n) is 11.4. The molecule has 0 aromatic heterocycles. The fourth-order valence-corrected chi connectivity index (χ4v) is 4.10. The molecular formula is C16H19ClN2S. The average molecular weight is 307 g/mol. The predicted octanol–water partition coefficient (Wildman–Crippen LogP) is 4.00. The van der Waals surface area contributed by atoms with Gasteiger partial charge in [-0.3, -0.25) is 5.32 Å². The van der Waals surface area contributed by atoms with Gasteiger partial charge in [0, 0.05) is 22.6 Å². The summed E-state index contributed by atoms with van der Waals surface area (Å²) in [5, 5.41) is 14.1. The topological polar surface area (TPSA) is 35.8 Å². The van der Waals surface area contributed by atoms with E-state index in [4.69, 9.17) is 11.6 Å². The lowest BCUT2D eigenvalue weighted by Crippen LogP contribution is -2.49. The summed E-state index contributed by atoms with van der Waals surface area (Å²) >= 11 is 8.00. The Hall–Kier alpha value is -0.690. The van der Waals surface area contributed by atoms with Gasteiger partial charge < -0.3 is 0 Å². The van der Waals surface area contributed by atoms with Crippen LogP contribution in [-0.4, -0.2) is 17.3 Å². The number of hydrogen-bond acceptors (Lipinski definition) is 3. The standard InChI is InChI=1S/C16H19ClN2S/c17-15-4-2-1-3-12(15)9-20-11-16(10-18,13-5-6-13)19-14-7-8-14/h1-4,13-14,19H,5-9,11H2. The van der Waals surface area contributed by atoms with Crippen LogP contribution >= 0.6 is 23.4 Å². The summed E-state index contributed by atoms with van der Waals surface area (Å²) in [6, 6.07) is 11.1. The van der Waals surface area contributed by atoms with Crippen molar-refractivity contribution in [2.24, 2.45) is 5.92 Å². The van der Waals surface area contributed by atoms with Gasteiger partial charge in [-0.25, -0.2) is 0 Å². The Morgan fingerprint density at radius 2 is 2.05 bits per heavy atom. The molecule has 0 spiro atoms. The molecule has 0 aliphatic heterocycles. The zero-order valence-corrected chi connectivity index (χ0v) is 13.0. The first-order valence-corrected chi connectivity index (χ1v) is 8.77. The maximum atomic E-state index is 9.66. The van der Waals surface area contributed by atoms with Gasteiger partial charge in [-0.2, -0.15) is 17.0 Å². The first-order valence-electron chi connectivity index (χ1n) is 7.23. The molecular weight excluding hydrogens is 288 g/mol. The molecule has 1 atom stereocenters. The van der Waals surface area contributed by atoms with E-state index in [1.165, 1.54) is 25.7 Å². The second-order valence-electron chi connectivity index (χ2n) is 5.86. The Balaban J connectivity index is 1.59. The molecule has 106 valence electrons. The van der Waals surface area contributed by atoms with Crippen molar-refractivity contribution in [3.63, 3.8) is 0 Å². The fraction of sp³-hybridized carbons (Fsp3) is 0.562. The largest absolute Gasteiger partial charge is 0.296 e. The fourth-order valence-electron chi connectivity index (χ4n) is 2.54. The number of hydrogen-bond donors (Lipinski definition) is 1. The molecule has 0 radical (unpaired) electrons. The third-order valence-corrected chi connectivity index (χ3v) is 5.60. The molecule has 0 bridgehead atoms. The highest BCUT2D eigenvalue weighted by Gasteiger charge is 2.48. The lowest BCUT2D eigenvalue weighted by atomic mass is 9.97. The SMILES string of the molecule is N#CC(CSCc1ccccc1Cl)(NC1CC1)C1CC1. The maximum absolute atomic E-state index is 9.66. The third kappa shape index (κ3) is 3.31. The summed E-state index contributed by atoms with van der Waals surface area (Å²) < 4.78 is 0. The van der Waals surface area contributed by atoms with Crippen LogP contribution in [0.3, 0.4) is 0 Å². The van der Waals surface area contributed by atoms with Gasteiger partial charge in [0.25, 0.3) is 0 Å². The first-order chi connectivity index (χ1) is 9.73. The van der Waals surface area contributed by atoms with Crippen LogP contribution in [-0.2, 0) is 5.75 Å². The van der Waals surface area contributed by atoms with Crippen LogP contribution in [0.15, 0.2) is 24.3 Å². The second-order valence-corrected chi connectivity index (χ2v) is 7.25. The number of rotatable bonds is 7. The molecule has 2 fully saturated rings. The van der Waals surface area contributed by atoms with Gasteiger partial charge in [-0.15, -0.1) is 0 Å². The Kier molecular flexibility index (Phi) is 4.26. The van der Waals surface area contributed by atoms with Crippen LogP contribution in [0.4, 0.5) is 0 Å². The highest BCUT2D eigenvalue weighted by atomic mass is 35.5. The van der Waals surface area contributed by atoms with Gasteiger partial charge in [0.2, 0.25) is 0 Å². The molecule has 4 heteroatoms. The van der Waals surface area contributed by atoms with Crippen LogP contribution in [0.5, 0.6) is 0 Å². The summed E-state index contributed by atoms with van der Waals surface area (Å²) in [7, 11) is 0. The van der Waals surface area contributed by atoms with Crippen LogP contribution in [0, 0.1) is 17.2 Å². The predicted molar refractivity (Wildman–Crippen MR) is 84.8 cm³/mol. The molecule has 0 heterocycles. The summed E-state index contributed by atoms with van der Waals surface area (Å²) in [4.78, 5) is 0. The van der Waals surface area contributed by atoms with Gasteiger partial charge in [0.15, 0.2) is 0 Å². The summed E-state index contributed by atoms with van der Waals surface area (Å²) in [5.41, 5.74) is 0.848. The lowest BCUT2D eigenvalue weighted by molar-refractivity contribution is 0.401. The van der Waals surface area contributed by atoms with E-state index >= 15 is 0 Å². The van der Waals surface area contributed by atoms with E-state index in [9.17, 15) is 5.26 Å². The van der Waals surface area contributed by atoms with Crippen molar-refractivity contribution in [1.82, 2.24) is 5.32 Å². The molecule has 20 heavy (non-hydrogen) atoms. The van der Waals surface area contributed by atoms with Crippen molar-refractivity contribution in [3.8, 4) is 6.07 Å². The molecule has 1 aromatic rings. The van der Waals surface area contributed by atoms with Crippen LogP contribution in [0.2, 0.25) is 5.02 Å². The van der Waals surface area contributed by atoms with E-state index in [1.54, 1.807) is 0 Å². The normalized spacial score (nSPS) is 21.2. The molecule has 0 amide bonds. The van der Waals surface area contributed by atoms with Gasteiger partial charge in [0.05, 0.1) is 6.07 Å². The van der Waals surface area contributed by atoms with Gasteiger partial charge in [-0.05, 0) is 43.2 Å². The van der Waals surface area contributed by atoms with Crippen molar-refractivity contribution in [1.29, 1.82) is 5.26 Å². The summed E-state index contributed by atoms with van der Waals surface area (Å²) in [5.74, 6) is 2.28. The number of nitriles is 1. The number of nitrogens with zero attached hydrogens (tertiary/aromatic N) is 1. The van der Waals surface area contributed by atoms with Crippen molar-refractivity contribution in [2.45, 2.75) is 43.0 Å². The Labute approximate surface area is 129 Å². The van der Waals surface area contributed by atoms with E-state index < -0.39 is 0 Å². The second kappa shape index (κ2) is 5.97. The Morgan fingerprint density at radius 1 is 1.30 bits per heavy atom. The monoisotopic (exact) mass is 306 g/mol. The molecule has 2 saturated carbocycles. The minimum absolute atomic E-state index is 0.312. The van der Waals surface area contributed by atoms with E-state index in [-0.39, 0.29) is 5.54 Å². The minimum atomic E-state index is -0.312. The van der Waals surface area contributed by atoms with E-state index in [2.05, 4.69) is 17.5 Å². The summed E-state index contributed by atoms with van der Waals surface area (Å²) in [6.07, 6.45) is 4.84. The minimum Gasteiger partial charge on any atom is -0.296 e. The first kappa shape index (κ1) is 14.3. The molecule has 2 nitrogen and oxygen atoms in total. The van der Waals surface area contributed by atoms with Gasteiger partial charge >= 0.3 is 0 Å². The molecule has 2 aliphatic rings. The van der Waals surface area contributed by atoms with Crippen molar-refractivity contribution in [3.05, 3.63) is 34.9 Å². The number of benzene rings is 1. The highest BCUT2D eigenvalue weighted by Crippen LogP contribution is 2.43. The van der Waals surface area contributed by atoms with Crippen LogP contribution in [0.25, 0.3) is 0 Å². The van der Waals surface area contributed by atoms with Crippen molar-refractivity contribution < 1.29 is 0 Å². The Morgan fingerprint density at radius 3 is 2.65 bits per heavy atom. The quantitative estimate of drug-likeness (QED) is 0.827. The maximum Gasteiger partial charge on any atom is 0.118 e. The molecule has 2 aliphatic carbocycles. The average Bonchev–Trinajstić information content (AvgIpc) is 3.33. The third-order valence-electron chi connectivity index (χ3n) is 4.06. The van der Waals surface area contributed by atoms with Crippen LogP contribution < -0.4 is 5.32 Å². The van der Waals surface area contributed by atoms with Gasteiger partial charge in [-0.1, -0.05) is 29.8 Å². The van der Waals surface area contributed by atoms with E-state index in [1.807, 2.05) is 30.0 Å². The smallest absolute Gasteiger partial charge is 0.118 e. The zero-order chi connectivity index (χ0) is 14.0. The number of nitrogens with one attached hydrogen (secondary N) is 1. The molecule has 0 saturated heterocycles. The van der Waals surface area contributed by atoms with Crippen molar-refractivity contribution >= 4 is 23.4 Å². The van der Waals surface area contributed by atoms with Gasteiger partial charge in [0.1, 0.15) is 5.54 Å². The lowest BCUT2D eigenvalue weighted by Gasteiger charge is -2.28. The molecule has 1 unspecified atom stereocenters. The molecule has 1 N–H and O–H groups in total. The summed E-state index contributed by atoms with van der Waals surface area (Å²) in [6.45, 7) is 0. The molecule has 1 aromatic carbocycles. The van der Waals surface area contributed by atoms with E-state index in [0.717, 1.165) is 22.1 Å². The number of thioether (sulfide) groups is 1. The van der Waals surface area contributed by atoms with E-state index in [0.29, 0.717) is 12.0 Å². The molecule has 3 rings (SSSR count).